The van der Waals surface area contributed by atoms with Gasteiger partial charge in [0.15, 0.2) is 0 Å². The van der Waals surface area contributed by atoms with Crippen LogP contribution in [0.25, 0.3) is 10.1 Å². The minimum absolute atomic E-state index is 0.0947. The highest BCUT2D eigenvalue weighted by Crippen LogP contribution is 2.23. The Labute approximate surface area is 130 Å². The maximum Gasteiger partial charge on any atom is 0.410 e. The van der Waals surface area contributed by atoms with E-state index in [1.54, 1.807) is 23.3 Å². The molecule has 1 amide bonds. The first-order valence-electron chi connectivity index (χ1n) is 7.18. The number of thiophene rings is 1. The second-order valence-electron chi connectivity index (χ2n) is 6.44. The first-order chi connectivity index (χ1) is 9.76. The second-order valence-corrected chi connectivity index (χ2v) is 7.38. The van der Waals surface area contributed by atoms with E-state index < -0.39 is 5.60 Å². The largest absolute Gasteiger partial charge is 0.444 e. The van der Waals surface area contributed by atoms with Crippen LogP contribution in [-0.4, -0.2) is 29.7 Å². The summed E-state index contributed by atoms with van der Waals surface area (Å²) in [5.41, 5.74) is 0.786. The summed E-state index contributed by atoms with van der Waals surface area (Å²) in [6.45, 7) is 7.69. The summed E-state index contributed by atoms with van der Waals surface area (Å²) in [5.74, 6) is 0. The molecule has 0 spiro atoms. The lowest BCUT2D eigenvalue weighted by Gasteiger charge is -2.28. The van der Waals surface area contributed by atoms with E-state index in [0.29, 0.717) is 0 Å². The summed E-state index contributed by atoms with van der Waals surface area (Å²) in [7, 11) is 1.79. The number of likely N-dealkylation sites (N-methyl/N-ethyl adjacent to an activating group) is 1. The first-order valence-corrected chi connectivity index (χ1v) is 8.06. The molecule has 4 heteroatoms. The van der Waals surface area contributed by atoms with Gasteiger partial charge in [-0.25, -0.2) is 4.79 Å². The van der Waals surface area contributed by atoms with Crippen LogP contribution in [0, 0.1) is 0 Å². The second kappa shape index (κ2) is 6.06. The van der Waals surface area contributed by atoms with Crippen LogP contribution in [-0.2, 0) is 11.2 Å². The molecule has 0 saturated heterocycles. The third-order valence-corrected chi connectivity index (χ3v) is 4.27. The van der Waals surface area contributed by atoms with Gasteiger partial charge in [0.1, 0.15) is 5.60 Å². The molecule has 1 atom stereocenters. The molecule has 0 fully saturated rings. The molecule has 0 aliphatic heterocycles. The highest BCUT2D eigenvalue weighted by Gasteiger charge is 2.23. The van der Waals surface area contributed by atoms with Crippen LogP contribution >= 0.6 is 11.3 Å². The van der Waals surface area contributed by atoms with E-state index in [4.69, 9.17) is 4.74 Å². The number of ether oxygens (including phenoxy) is 1. The zero-order chi connectivity index (χ0) is 15.6. The van der Waals surface area contributed by atoms with Gasteiger partial charge in [0.25, 0.3) is 0 Å². The Morgan fingerprint density at radius 1 is 1.33 bits per heavy atom. The fourth-order valence-electron chi connectivity index (χ4n) is 2.12. The van der Waals surface area contributed by atoms with E-state index in [-0.39, 0.29) is 12.1 Å². The van der Waals surface area contributed by atoms with Gasteiger partial charge in [0.05, 0.1) is 0 Å². The molecule has 0 unspecified atom stereocenters. The van der Waals surface area contributed by atoms with Crippen molar-refractivity contribution in [2.24, 2.45) is 0 Å². The molecule has 1 aromatic heterocycles. The lowest BCUT2D eigenvalue weighted by Crippen LogP contribution is -2.40. The minimum atomic E-state index is -0.457. The molecule has 114 valence electrons. The molecular formula is C17H23NO2S. The van der Waals surface area contributed by atoms with E-state index in [2.05, 4.69) is 29.6 Å². The number of carbonyl (C=O) groups excluding carboxylic acids is 1. The van der Waals surface area contributed by atoms with Crippen LogP contribution in [0.4, 0.5) is 4.79 Å². The Hall–Kier alpha value is -1.55. The number of benzene rings is 1. The van der Waals surface area contributed by atoms with Crippen molar-refractivity contribution in [3.8, 4) is 0 Å². The van der Waals surface area contributed by atoms with Gasteiger partial charge < -0.3 is 9.64 Å². The number of nitrogens with zero attached hydrogens (tertiary/aromatic N) is 1. The van der Waals surface area contributed by atoms with E-state index in [1.807, 2.05) is 27.7 Å². The van der Waals surface area contributed by atoms with Crippen LogP contribution in [0.1, 0.15) is 33.3 Å². The first kappa shape index (κ1) is 15.8. The summed E-state index contributed by atoms with van der Waals surface area (Å²) in [6, 6.07) is 8.70. The zero-order valence-electron chi connectivity index (χ0n) is 13.3. The van der Waals surface area contributed by atoms with Gasteiger partial charge in [-0.15, -0.1) is 11.3 Å². The van der Waals surface area contributed by atoms with Crippen molar-refractivity contribution in [1.82, 2.24) is 4.90 Å². The summed E-state index contributed by atoms with van der Waals surface area (Å²) in [4.78, 5) is 13.7. The van der Waals surface area contributed by atoms with Crippen molar-refractivity contribution < 1.29 is 9.53 Å². The standard InChI is InChI=1S/C17H23NO2S/c1-12(18(5)16(19)20-17(2,3)4)10-13-6-7-14-8-9-21-15(14)11-13/h6-9,11-12H,10H2,1-5H3/t12-/m0/s1. The summed E-state index contributed by atoms with van der Waals surface area (Å²) in [5, 5.41) is 3.38. The summed E-state index contributed by atoms with van der Waals surface area (Å²) < 4.78 is 6.70. The van der Waals surface area contributed by atoms with E-state index in [1.165, 1.54) is 15.6 Å². The van der Waals surface area contributed by atoms with Gasteiger partial charge in [0, 0.05) is 17.8 Å². The molecule has 3 nitrogen and oxygen atoms in total. The van der Waals surface area contributed by atoms with Crippen molar-refractivity contribution in [3.63, 3.8) is 0 Å². The van der Waals surface area contributed by atoms with Gasteiger partial charge in [-0.3, -0.25) is 0 Å². The van der Waals surface area contributed by atoms with Crippen molar-refractivity contribution in [2.75, 3.05) is 7.05 Å². The lowest BCUT2D eigenvalue weighted by molar-refractivity contribution is 0.0236. The third kappa shape index (κ3) is 4.21. The number of fused-ring (bicyclic) bond motifs is 1. The van der Waals surface area contributed by atoms with Crippen LogP contribution in [0.2, 0.25) is 0 Å². The molecule has 0 bridgehead atoms. The molecule has 0 aliphatic carbocycles. The topological polar surface area (TPSA) is 29.5 Å². The SMILES string of the molecule is C[C@@H](Cc1ccc2ccsc2c1)N(C)C(=O)OC(C)(C)C. The molecule has 1 aromatic carbocycles. The van der Waals surface area contributed by atoms with E-state index >= 15 is 0 Å². The molecule has 0 N–H and O–H groups in total. The van der Waals surface area contributed by atoms with Crippen molar-refractivity contribution in [3.05, 3.63) is 35.2 Å². The molecule has 1 heterocycles. The van der Waals surface area contributed by atoms with E-state index in [0.717, 1.165) is 6.42 Å². The highest BCUT2D eigenvalue weighted by atomic mass is 32.1. The maximum absolute atomic E-state index is 12.1. The number of hydrogen-bond acceptors (Lipinski definition) is 3. The molecule has 2 rings (SSSR count). The smallest absolute Gasteiger partial charge is 0.410 e. The Balaban J connectivity index is 2.02. The van der Waals surface area contributed by atoms with Gasteiger partial charge in [-0.2, -0.15) is 0 Å². The van der Waals surface area contributed by atoms with Crippen LogP contribution in [0.15, 0.2) is 29.6 Å². The van der Waals surface area contributed by atoms with Crippen molar-refractivity contribution in [2.45, 2.75) is 45.8 Å². The highest BCUT2D eigenvalue weighted by molar-refractivity contribution is 7.17. The lowest BCUT2D eigenvalue weighted by atomic mass is 10.1. The number of hydrogen-bond donors (Lipinski definition) is 0. The fourth-order valence-corrected chi connectivity index (χ4v) is 2.97. The molecule has 0 saturated carbocycles. The minimum Gasteiger partial charge on any atom is -0.444 e. The Bertz CT molecular complexity index is 627. The average molecular weight is 305 g/mol. The van der Waals surface area contributed by atoms with E-state index in [9.17, 15) is 4.79 Å². The average Bonchev–Trinajstić information content (AvgIpc) is 2.83. The summed E-state index contributed by atoms with van der Waals surface area (Å²) >= 11 is 1.75. The predicted octanol–water partition coefficient (Wildman–Crippen LogP) is 4.70. The monoisotopic (exact) mass is 305 g/mol. The van der Waals surface area contributed by atoms with Gasteiger partial charge in [0.2, 0.25) is 0 Å². The zero-order valence-corrected chi connectivity index (χ0v) is 14.2. The Morgan fingerprint density at radius 3 is 2.71 bits per heavy atom. The Kier molecular flexibility index (Phi) is 4.57. The molecule has 0 radical (unpaired) electrons. The number of rotatable bonds is 3. The van der Waals surface area contributed by atoms with Gasteiger partial charge in [-0.1, -0.05) is 12.1 Å². The fraction of sp³-hybridized carbons (Fsp3) is 0.471. The number of carbonyl (C=O) groups is 1. The van der Waals surface area contributed by atoms with Crippen molar-refractivity contribution >= 4 is 27.5 Å². The van der Waals surface area contributed by atoms with Gasteiger partial charge >= 0.3 is 6.09 Å². The third-order valence-electron chi connectivity index (χ3n) is 3.39. The molecule has 21 heavy (non-hydrogen) atoms. The maximum atomic E-state index is 12.1. The normalized spacial score (nSPS) is 13.2. The molecule has 2 aromatic rings. The predicted molar refractivity (Wildman–Crippen MR) is 89.0 cm³/mol. The quantitative estimate of drug-likeness (QED) is 0.822. The van der Waals surface area contributed by atoms with Crippen molar-refractivity contribution in [1.29, 1.82) is 0 Å². The molecule has 0 aliphatic rings. The van der Waals surface area contributed by atoms with Crippen LogP contribution < -0.4 is 0 Å². The van der Waals surface area contributed by atoms with Crippen LogP contribution in [0.5, 0.6) is 0 Å². The molecular weight excluding hydrogens is 282 g/mol. The summed E-state index contributed by atoms with van der Waals surface area (Å²) in [6.07, 6.45) is 0.552. The Morgan fingerprint density at radius 2 is 2.05 bits per heavy atom. The number of amides is 1. The van der Waals surface area contributed by atoms with Crippen LogP contribution in [0.3, 0.4) is 0 Å². The van der Waals surface area contributed by atoms with Gasteiger partial charge in [-0.05, 0) is 62.6 Å².